The molecule has 0 radical (unpaired) electrons. The van der Waals surface area contributed by atoms with E-state index in [1.807, 2.05) is 0 Å². The molecule has 0 saturated carbocycles. The summed E-state index contributed by atoms with van der Waals surface area (Å²) in [6.07, 6.45) is 55.2. The van der Waals surface area contributed by atoms with E-state index in [9.17, 15) is 33.1 Å². The molecule has 4 N–H and O–H groups in total. The molecule has 1 fully saturated rings. The number of unbranched alkanes of at least 4 members (excludes halogenated alkanes) is 24. The van der Waals surface area contributed by atoms with Gasteiger partial charge in [-0.15, -0.1) is 0 Å². The Morgan fingerprint density at radius 1 is 0.549 bits per heavy atom. The van der Waals surface area contributed by atoms with E-state index < -0.39 is 59.8 Å². The number of allylic oxidation sites excluding steroid dienone is 12. The molecule has 1 rings (SSSR count). The highest BCUT2D eigenvalue weighted by atomic mass is 32.3. The van der Waals surface area contributed by atoms with Crippen LogP contribution in [0.3, 0.4) is 0 Å². The zero-order chi connectivity index (χ0) is 51.7. The van der Waals surface area contributed by atoms with Gasteiger partial charge in [-0.3, -0.25) is 9.35 Å². The Labute approximate surface area is 432 Å². The third-order valence-electron chi connectivity index (χ3n) is 12.6. The molecule has 0 aliphatic carbocycles. The summed E-state index contributed by atoms with van der Waals surface area (Å²) in [6.45, 7) is 3.85. The first kappa shape index (κ1) is 66.6. The molecule has 1 saturated heterocycles. The summed E-state index contributed by atoms with van der Waals surface area (Å²) in [5, 5.41) is 30.8. The molecule has 71 heavy (non-hydrogen) atoms. The van der Waals surface area contributed by atoms with Gasteiger partial charge in [0.2, 0.25) is 0 Å². The van der Waals surface area contributed by atoms with Crippen LogP contribution in [0.15, 0.2) is 72.9 Å². The molecule has 0 aromatic carbocycles. The average Bonchev–Trinajstić information content (AvgIpc) is 3.35. The van der Waals surface area contributed by atoms with Crippen LogP contribution >= 0.6 is 0 Å². The minimum absolute atomic E-state index is 0.0173. The van der Waals surface area contributed by atoms with E-state index in [0.717, 1.165) is 70.6 Å². The molecule has 13 heteroatoms. The number of hydrogen-bond donors (Lipinski definition) is 4. The minimum atomic E-state index is -5.08. The molecular formula is C58H102O12S. The molecule has 0 aromatic heterocycles. The molecule has 0 spiro atoms. The summed E-state index contributed by atoms with van der Waals surface area (Å²) in [7, 11) is -5.08. The van der Waals surface area contributed by atoms with Gasteiger partial charge in [-0.1, -0.05) is 228 Å². The summed E-state index contributed by atoms with van der Waals surface area (Å²) in [4.78, 5) is 12.9. The predicted molar refractivity (Wildman–Crippen MR) is 289 cm³/mol. The Bertz CT molecular complexity index is 1510. The first-order chi connectivity index (χ1) is 34.6. The second-order valence-corrected chi connectivity index (χ2v) is 20.2. The average molecular weight is 1020 g/mol. The third-order valence-corrected chi connectivity index (χ3v) is 13.1. The van der Waals surface area contributed by atoms with Crippen molar-refractivity contribution in [2.24, 2.45) is 0 Å². The van der Waals surface area contributed by atoms with Gasteiger partial charge in [0.15, 0.2) is 6.29 Å². The van der Waals surface area contributed by atoms with Crippen molar-refractivity contribution in [3.63, 3.8) is 0 Å². The van der Waals surface area contributed by atoms with E-state index in [1.54, 1.807) is 0 Å². The molecule has 0 bridgehead atoms. The largest absolute Gasteiger partial charge is 0.457 e. The van der Waals surface area contributed by atoms with Crippen molar-refractivity contribution in [3.8, 4) is 0 Å². The lowest BCUT2D eigenvalue weighted by Gasteiger charge is -2.41. The van der Waals surface area contributed by atoms with Crippen LogP contribution in [0.4, 0.5) is 0 Å². The number of aliphatic hydroxyl groups excluding tert-OH is 3. The maximum atomic E-state index is 12.9. The van der Waals surface area contributed by atoms with Crippen molar-refractivity contribution >= 4 is 16.4 Å². The van der Waals surface area contributed by atoms with Crippen molar-refractivity contribution in [1.82, 2.24) is 0 Å². The van der Waals surface area contributed by atoms with Gasteiger partial charge in [0.1, 0.15) is 30.5 Å². The Morgan fingerprint density at radius 3 is 1.39 bits per heavy atom. The summed E-state index contributed by atoms with van der Waals surface area (Å²) in [6, 6.07) is 0. The summed E-state index contributed by atoms with van der Waals surface area (Å²) in [5.41, 5.74) is 0. The normalized spacial score (nSPS) is 19.5. The Hall–Kier alpha value is -2.46. The van der Waals surface area contributed by atoms with E-state index in [0.29, 0.717) is 13.0 Å². The molecule has 6 atom stereocenters. The third kappa shape index (κ3) is 41.6. The zero-order valence-corrected chi connectivity index (χ0v) is 45.3. The monoisotopic (exact) mass is 1020 g/mol. The molecule has 1 aliphatic rings. The lowest BCUT2D eigenvalue weighted by Crippen LogP contribution is -2.60. The number of carbonyl (C=O) groups is 1. The summed E-state index contributed by atoms with van der Waals surface area (Å²) >= 11 is 0. The number of rotatable bonds is 49. The van der Waals surface area contributed by atoms with Crippen molar-refractivity contribution < 1.29 is 56.2 Å². The van der Waals surface area contributed by atoms with E-state index in [2.05, 4.69) is 90.9 Å². The van der Waals surface area contributed by atoms with Crippen molar-refractivity contribution in [2.75, 3.05) is 26.4 Å². The van der Waals surface area contributed by atoms with Crippen LogP contribution in [-0.2, 0) is 38.3 Å². The Balaban J connectivity index is 2.34. The highest BCUT2D eigenvalue weighted by molar-refractivity contribution is 7.80. The topological polar surface area (TPSA) is 178 Å². The first-order valence-electron chi connectivity index (χ1n) is 28.2. The highest BCUT2D eigenvalue weighted by Gasteiger charge is 2.48. The lowest BCUT2D eigenvalue weighted by atomic mass is 9.99. The molecule has 1 aliphatic heterocycles. The fourth-order valence-electron chi connectivity index (χ4n) is 8.38. The van der Waals surface area contributed by atoms with E-state index in [4.69, 9.17) is 18.9 Å². The van der Waals surface area contributed by atoms with Crippen LogP contribution in [0.1, 0.15) is 226 Å². The standard InChI is InChI=1S/C58H102O12S/c1-3-5-7-9-11-13-15-17-19-21-23-25-26-28-30-32-34-36-38-40-42-44-46-48-66-50-52(51-67-58-56(62)57(70-71(63,64)65)55(61)53(49-59)69-58)68-54(60)47-45-43-41-39-37-35-33-31-29-27-24-22-20-18-16-14-12-10-8-6-4-2/h6,8,12,14,18,20,24,27,31,33,37,39,52-53,55-59,61-62H,3-5,7,9-11,13,15-17,19,21-23,25-26,28-30,32,34-36,38,40-51H2,1-2H3,(H,63,64,65)/b8-6-,14-12-,20-18-,27-24-,33-31-,39-37-. The van der Waals surface area contributed by atoms with Gasteiger partial charge in [0, 0.05) is 13.0 Å². The SMILES string of the molecule is CC/C=C\C/C=C\C/C=C\C/C=C\C/C=C\C/C=C\CCCCC(=O)OC(COCCCCCCCCCCCCCCCCCCCCCCCCC)COC1OC(CO)C(O)C(OS(=O)(=O)O)C1O. The number of esters is 1. The van der Waals surface area contributed by atoms with E-state index in [-0.39, 0.29) is 19.6 Å². The van der Waals surface area contributed by atoms with Gasteiger partial charge in [-0.2, -0.15) is 8.42 Å². The van der Waals surface area contributed by atoms with Crippen molar-refractivity contribution in [1.29, 1.82) is 0 Å². The van der Waals surface area contributed by atoms with Crippen LogP contribution in [0, 0.1) is 0 Å². The lowest BCUT2D eigenvalue weighted by molar-refractivity contribution is -0.301. The van der Waals surface area contributed by atoms with Gasteiger partial charge in [-0.25, -0.2) is 4.18 Å². The first-order valence-corrected chi connectivity index (χ1v) is 29.6. The molecule has 0 amide bonds. The van der Waals surface area contributed by atoms with Crippen LogP contribution in [0.25, 0.3) is 0 Å². The van der Waals surface area contributed by atoms with E-state index in [1.165, 1.54) is 128 Å². The molecule has 6 unspecified atom stereocenters. The fraction of sp³-hybridized carbons (Fsp3) is 0.776. The van der Waals surface area contributed by atoms with Crippen molar-refractivity contribution in [3.05, 3.63) is 72.9 Å². The zero-order valence-electron chi connectivity index (χ0n) is 44.5. The van der Waals surface area contributed by atoms with Gasteiger partial charge < -0.3 is 34.3 Å². The van der Waals surface area contributed by atoms with Crippen LogP contribution in [0.2, 0.25) is 0 Å². The summed E-state index contributed by atoms with van der Waals surface area (Å²) in [5.74, 6) is -0.439. The molecule has 1 heterocycles. The van der Waals surface area contributed by atoms with Gasteiger partial charge >= 0.3 is 16.4 Å². The molecule has 12 nitrogen and oxygen atoms in total. The number of hydrogen-bond acceptors (Lipinski definition) is 11. The van der Waals surface area contributed by atoms with Crippen LogP contribution in [-0.4, -0.2) is 97.5 Å². The maximum Gasteiger partial charge on any atom is 0.397 e. The minimum Gasteiger partial charge on any atom is -0.457 e. The smallest absolute Gasteiger partial charge is 0.397 e. The number of ether oxygens (including phenoxy) is 4. The number of carbonyl (C=O) groups excluding carboxylic acids is 1. The second kappa shape index (κ2) is 48.5. The molecule has 412 valence electrons. The quantitative estimate of drug-likeness (QED) is 0.0196. The van der Waals surface area contributed by atoms with E-state index >= 15 is 0 Å². The Morgan fingerprint density at radius 2 is 0.972 bits per heavy atom. The van der Waals surface area contributed by atoms with Gasteiger partial charge in [0.05, 0.1) is 19.8 Å². The highest BCUT2D eigenvalue weighted by Crippen LogP contribution is 2.26. The van der Waals surface area contributed by atoms with Crippen molar-refractivity contribution in [2.45, 2.75) is 263 Å². The molecule has 0 aromatic rings. The summed E-state index contributed by atoms with van der Waals surface area (Å²) < 4.78 is 59.3. The van der Waals surface area contributed by atoms with Gasteiger partial charge in [-0.05, 0) is 64.2 Å². The fourth-order valence-corrected chi connectivity index (χ4v) is 8.89. The van der Waals surface area contributed by atoms with Crippen LogP contribution in [0.5, 0.6) is 0 Å². The maximum absolute atomic E-state index is 12.9. The molecular weight excluding hydrogens is 921 g/mol. The predicted octanol–water partition coefficient (Wildman–Crippen LogP) is 13.8. The Kier molecular flexibility index (Phi) is 45.4. The second-order valence-electron chi connectivity index (χ2n) is 19.2. The van der Waals surface area contributed by atoms with Gasteiger partial charge in [0.25, 0.3) is 0 Å². The van der Waals surface area contributed by atoms with Crippen LogP contribution < -0.4 is 0 Å². The number of aliphatic hydroxyl groups is 3.